The number of nitrogens with one attached hydrogen (secondary N) is 1. The zero-order chi connectivity index (χ0) is 12.6. The molecule has 0 aliphatic heterocycles. The van der Waals surface area contributed by atoms with Gasteiger partial charge in [0.2, 0.25) is 0 Å². The Bertz CT molecular complexity index is 490. The smallest absolute Gasteiger partial charge is 0.120 e. The minimum absolute atomic E-state index is 0. The molecule has 0 heterocycles. The summed E-state index contributed by atoms with van der Waals surface area (Å²) in [5, 5.41) is 5.69. The molecule has 1 N–H and O–H groups in total. The van der Waals surface area contributed by atoms with E-state index < -0.39 is 0 Å². The number of hydrogen-bond acceptors (Lipinski definition) is 3. The molecule has 0 spiro atoms. The van der Waals surface area contributed by atoms with Crippen molar-refractivity contribution in [3.05, 3.63) is 42.5 Å². The van der Waals surface area contributed by atoms with E-state index >= 15 is 0 Å². The van der Waals surface area contributed by atoms with E-state index in [1.165, 1.54) is 10.8 Å². The van der Waals surface area contributed by atoms with Crippen molar-refractivity contribution < 1.29 is 9.47 Å². The van der Waals surface area contributed by atoms with Gasteiger partial charge in [-0.3, -0.25) is 0 Å². The lowest BCUT2D eigenvalue weighted by Gasteiger charge is -2.08. The van der Waals surface area contributed by atoms with E-state index in [1.54, 1.807) is 7.11 Å². The summed E-state index contributed by atoms with van der Waals surface area (Å²) >= 11 is 0. The topological polar surface area (TPSA) is 30.5 Å². The van der Waals surface area contributed by atoms with Gasteiger partial charge in [-0.1, -0.05) is 30.3 Å². The average molecular weight is 282 g/mol. The lowest BCUT2D eigenvalue weighted by molar-refractivity contribution is 0.197. The first-order valence-corrected chi connectivity index (χ1v) is 6.21. The van der Waals surface area contributed by atoms with Crippen molar-refractivity contribution in [3.8, 4) is 5.75 Å². The monoisotopic (exact) mass is 281 g/mol. The fourth-order valence-electron chi connectivity index (χ4n) is 1.80. The Kier molecular flexibility index (Phi) is 7.26. The predicted octanol–water partition coefficient (Wildman–Crippen LogP) is 2.88. The predicted molar refractivity (Wildman–Crippen MR) is 81.4 cm³/mol. The molecule has 19 heavy (non-hydrogen) atoms. The third kappa shape index (κ3) is 5.07. The normalized spacial score (nSPS) is 10.2. The van der Waals surface area contributed by atoms with Crippen molar-refractivity contribution in [2.24, 2.45) is 0 Å². The molecule has 0 atom stereocenters. The standard InChI is InChI=1S/C15H19NO2.ClH/c1-17-10-8-16-9-11-18-15-7-6-13-4-2-3-5-14(13)12-15;/h2-7,12,16H,8-11H2,1H3;1H. The van der Waals surface area contributed by atoms with Gasteiger partial charge in [-0.05, 0) is 22.9 Å². The van der Waals surface area contributed by atoms with E-state index in [4.69, 9.17) is 9.47 Å². The molecule has 0 saturated carbocycles. The van der Waals surface area contributed by atoms with Crippen LogP contribution in [0.5, 0.6) is 5.75 Å². The summed E-state index contributed by atoms with van der Waals surface area (Å²) in [4.78, 5) is 0. The molecule has 0 bridgehead atoms. The van der Waals surface area contributed by atoms with Crippen LogP contribution in [0.3, 0.4) is 0 Å². The second-order valence-electron chi connectivity index (χ2n) is 4.10. The van der Waals surface area contributed by atoms with Crippen molar-refractivity contribution >= 4 is 23.2 Å². The highest BCUT2D eigenvalue weighted by molar-refractivity contribution is 5.85. The first-order valence-electron chi connectivity index (χ1n) is 6.21. The van der Waals surface area contributed by atoms with Gasteiger partial charge in [-0.2, -0.15) is 0 Å². The summed E-state index contributed by atoms with van der Waals surface area (Å²) in [6.45, 7) is 3.09. The van der Waals surface area contributed by atoms with Crippen LogP contribution in [0.4, 0.5) is 0 Å². The van der Waals surface area contributed by atoms with E-state index in [0.717, 1.165) is 25.4 Å². The molecule has 2 aromatic carbocycles. The highest BCUT2D eigenvalue weighted by Crippen LogP contribution is 2.20. The summed E-state index contributed by atoms with van der Waals surface area (Å²) in [6.07, 6.45) is 0. The third-order valence-electron chi connectivity index (χ3n) is 2.75. The van der Waals surface area contributed by atoms with Crippen LogP contribution < -0.4 is 10.1 Å². The minimum Gasteiger partial charge on any atom is -0.492 e. The quantitative estimate of drug-likeness (QED) is 0.792. The van der Waals surface area contributed by atoms with Crippen molar-refractivity contribution in [1.29, 1.82) is 0 Å². The first kappa shape index (κ1) is 15.8. The molecule has 0 amide bonds. The highest BCUT2D eigenvalue weighted by Gasteiger charge is 1.96. The SMILES string of the molecule is COCCNCCOc1ccc2ccccc2c1.Cl. The number of benzene rings is 2. The first-order chi connectivity index (χ1) is 8.90. The number of hydrogen-bond donors (Lipinski definition) is 1. The van der Waals surface area contributed by atoms with Crippen molar-refractivity contribution in [2.75, 3.05) is 33.4 Å². The van der Waals surface area contributed by atoms with Crippen LogP contribution in [0.1, 0.15) is 0 Å². The fourth-order valence-corrected chi connectivity index (χ4v) is 1.80. The van der Waals surface area contributed by atoms with Gasteiger partial charge in [0.1, 0.15) is 12.4 Å². The molecule has 0 saturated heterocycles. The molecule has 0 aliphatic carbocycles. The summed E-state index contributed by atoms with van der Waals surface area (Å²) in [6, 6.07) is 14.5. The van der Waals surface area contributed by atoms with Crippen LogP contribution in [0.15, 0.2) is 42.5 Å². The molecule has 0 unspecified atom stereocenters. The van der Waals surface area contributed by atoms with Crippen LogP contribution in [0.25, 0.3) is 10.8 Å². The fraction of sp³-hybridized carbons (Fsp3) is 0.333. The largest absolute Gasteiger partial charge is 0.492 e. The van der Waals surface area contributed by atoms with Crippen LogP contribution in [-0.4, -0.2) is 33.4 Å². The molecule has 2 rings (SSSR count). The van der Waals surface area contributed by atoms with E-state index in [-0.39, 0.29) is 12.4 Å². The van der Waals surface area contributed by atoms with Gasteiger partial charge in [0.25, 0.3) is 0 Å². The van der Waals surface area contributed by atoms with Crippen LogP contribution in [0.2, 0.25) is 0 Å². The zero-order valence-electron chi connectivity index (χ0n) is 11.1. The molecule has 0 fully saturated rings. The number of halogens is 1. The van der Waals surface area contributed by atoms with Gasteiger partial charge in [0, 0.05) is 20.2 Å². The summed E-state index contributed by atoms with van der Waals surface area (Å²) in [7, 11) is 1.70. The van der Waals surface area contributed by atoms with Crippen LogP contribution >= 0.6 is 12.4 Å². The van der Waals surface area contributed by atoms with Gasteiger partial charge >= 0.3 is 0 Å². The van der Waals surface area contributed by atoms with Crippen molar-refractivity contribution in [1.82, 2.24) is 5.32 Å². The van der Waals surface area contributed by atoms with E-state index in [1.807, 2.05) is 18.2 Å². The summed E-state index contributed by atoms with van der Waals surface area (Å²) in [5.41, 5.74) is 0. The second-order valence-corrected chi connectivity index (χ2v) is 4.10. The maximum absolute atomic E-state index is 5.69. The van der Waals surface area contributed by atoms with E-state index in [9.17, 15) is 0 Å². The van der Waals surface area contributed by atoms with Gasteiger partial charge in [-0.15, -0.1) is 12.4 Å². The van der Waals surface area contributed by atoms with Crippen molar-refractivity contribution in [2.45, 2.75) is 0 Å². The molecule has 0 aromatic heterocycles. The lowest BCUT2D eigenvalue weighted by Crippen LogP contribution is -2.24. The van der Waals surface area contributed by atoms with Crippen molar-refractivity contribution in [3.63, 3.8) is 0 Å². The second kappa shape index (κ2) is 8.75. The lowest BCUT2D eigenvalue weighted by atomic mass is 10.1. The van der Waals surface area contributed by atoms with E-state index in [0.29, 0.717) is 6.61 Å². The molecule has 4 heteroatoms. The Morgan fingerprint density at radius 3 is 2.47 bits per heavy atom. The molecule has 3 nitrogen and oxygen atoms in total. The molecule has 0 radical (unpaired) electrons. The van der Waals surface area contributed by atoms with Gasteiger partial charge in [0.05, 0.1) is 6.61 Å². The Balaban J connectivity index is 0.00000180. The maximum atomic E-state index is 5.69. The maximum Gasteiger partial charge on any atom is 0.120 e. The number of methoxy groups -OCH3 is 1. The Morgan fingerprint density at radius 2 is 1.68 bits per heavy atom. The van der Waals surface area contributed by atoms with Gasteiger partial charge in [-0.25, -0.2) is 0 Å². The molecule has 2 aromatic rings. The van der Waals surface area contributed by atoms with Gasteiger partial charge < -0.3 is 14.8 Å². The van der Waals surface area contributed by atoms with Crippen LogP contribution in [0, 0.1) is 0 Å². The number of fused-ring (bicyclic) bond motifs is 1. The third-order valence-corrected chi connectivity index (χ3v) is 2.75. The van der Waals surface area contributed by atoms with Gasteiger partial charge in [0.15, 0.2) is 0 Å². The zero-order valence-corrected chi connectivity index (χ0v) is 11.9. The van der Waals surface area contributed by atoms with Crippen LogP contribution in [-0.2, 0) is 4.74 Å². The minimum atomic E-state index is 0. The number of ether oxygens (including phenoxy) is 2. The molecular formula is C15H20ClNO2. The Morgan fingerprint density at radius 1 is 0.947 bits per heavy atom. The summed E-state index contributed by atoms with van der Waals surface area (Å²) in [5.74, 6) is 0.919. The average Bonchev–Trinajstić information content (AvgIpc) is 2.42. The summed E-state index contributed by atoms with van der Waals surface area (Å²) < 4.78 is 10.6. The molecular weight excluding hydrogens is 262 g/mol. The number of rotatable bonds is 7. The molecule has 104 valence electrons. The molecule has 0 aliphatic rings. The highest BCUT2D eigenvalue weighted by atomic mass is 35.5. The van der Waals surface area contributed by atoms with E-state index in [2.05, 4.69) is 29.6 Å². The Hall–Kier alpha value is -1.29. The Labute approximate surface area is 120 Å².